The monoisotopic (exact) mass is 447 g/mol. The van der Waals surface area contributed by atoms with E-state index in [0.717, 1.165) is 17.5 Å². The standard InChI is InChI=1S/C25H16F3N3O2/c26-25(27,28)15-4-1-5-16(14-15)31-24(32)19-8-2-7-18-17(19)6-3-9-21(18)33-22-11-13-30-23-20(22)10-12-29-23/h1-14H,(H,29,30)(H,31,32). The molecule has 0 aliphatic rings. The van der Waals surface area contributed by atoms with E-state index in [2.05, 4.69) is 15.3 Å². The van der Waals surface area contributed by atoms with Crippen molar-refractivity contribution in [1.82, 2.24) is 9.97 Å². The number of nitrogens with zero attached hydrogens (tertiary/aromatic N) is 1. The van der Waals surface area contributed by atoms with Crippen LogP contribution in [0.4, 0.5) is 18.9 Å². The van der Waals surface area contributed by atoms with Crippen LogP contribution in [-0.2, 0) is 6.18 Å². The molecule has 5 aromatic rings. The minimum Gasteiger partial charge on any atom is -0.456 e. The number of hydrogen-bond acceptors (Lipinski definition) is 3. The molecule has 1 amide bonds. The molecule has 2 N–H and O–H groups in total. The van der Waals surface area contributed by atoms with Crippen LogP contribution in [0.25, 0.3) is 21.8 Å². The Balaban J connectivity index is 1.49. The molecule has 0 aliphatic carbocycles. The van der Waals surface area contributed by atoms with Gasteiger partial charge in [-0.25, -0.2) is 4.98 Å². The van der Waals surface area contributed by atoms with Crippen molar-refractivity contribution in [1.29, 1.82) is 0 Å². The molecule has 33 heavy (non-hydrogen) atoms. The van der Waals surface area contributed by atoms with Crippen molar-refractivity contribution in [3.05, 3.63) is 96.3 Å². The molecule has 5 rings (SSSR count). The number of hydrogen-bond donors (Lipinski definition) is 2. The van der Waals surface area contributed by atoms with Crippen LogP contribution in [-0.4, -0.2) is 15.9 Å². The molecule has 164 valence electrons. The molecule has 0 fully saturated rings. The van der Waals surface area contributed by atoms with E-state index >= 15 is 0 Å². The van der Waals surface area contributed by atoms with Gasteiger partial charge >= 0.3 is 6.18 Å². The van der Waals surface area contributed by atoms with Crippen LogP contribution in [0.1, 0.15) is 15.9 Å². The number of aromatic amines is 1. The Bertz CT molecular complexity index is 1490. The van der Waals surface area contributed by atoms with Crippen LogP contribution in [0, 0.1) is 0 Å². The first-order chi connectivity index (χ1) is 15.9. The summed E-state index contributed by atoms with van der Waals surface area (Å²) in [6.45, 7) is 0. The van der Waals surface area contributed by atoms with Crippen LogP contribution in [0.3, 0.4) is 0 Å². The van der Waals surface area contributed by atoms with E-state index in [1.807, 2.05) is 12.1 Å². The second-order valence-corrected chi connectivity index (χ2v) is 7.34. The van der Waals surface area contributed by atoms with Gasteiger partial charge in [0, 0.05) is 29.0 Å². The second kappa shape index (κ2) is 7.98. The Morgan fingerprint density at radius 1 is 0.879 bits per heavy atom. The number of H-pyrrole nitrogens is 1. The molecule has 2 aromatic heterocycles. The van der Waals surface area contributed by atoms with E-state index in [0.29, 0.717) is 33.5 Å². The topological polar surface area (TPSA) is 67.0 Å². The summed E-state index contributed by atoms with van der Waals surface area (Å²) in [6, 6.07) is 18.6. The molecule has 0 radical (unpaired) electrons. The number of benzene rings is 3. The fourth-order valence-electron chi connectivity index (χ4n) is 3.68. The number of nitrogens with one attached hydrogen (secondary N) is 2. The van der Waals surface area contributed by atoms with E-state index in [9.17, 15) is 18.0 Å². The normalized spacial score (nSPS) is 11.6. The van der Waals surface area contributed by atoms with Crippen molar-refractivity contribution >= 4 is 33.4 Å². The quantitative estimate of drug-likeness (QED) is 0.319. The van der Waals surface area contributed by atoms with E-state index in [1.165, 1.54) is 12.1 Å². The summed E-state index contributed by atoms with van der Waals surface area (Å²) in [5.74, 6) is 0.622. The maximum atomic E-state index is 13.0. The minimum atomic E-state index is -4.50. The molecule has 0 saturated carbocycles. The van der Waals surface area contributed by atoms with Crippen LogP contribution >= 0.6 is 0 Å². The molecule has 0 aliphatic heterocycles. The molecule has 5 nitrogen and oxygen atoms in total. The highest BCUT2D eigenvalue weighted by Crippen LogP contribution is 2.35. The molecular weight excluding hydrogens is 431 g/mol. The van der Waals surface area contributed by atoms with Crippen molar-refractivity contribution in [2.24, 2.45) is 0 Å². The van der Waals surface area contributed by atoms with Gasteiger partial charge in [-0.05, 0) is 47.9 Å². The number of halogens is 3. The van der Waals surface area contributed by atoms with Gasteiger partial charge in [0.1, 0.15) is 17.1 Å². The molecule has 3 aromatic carbocycles. The predicted octanol–water partition coefficient (Wildman–Crippen LogP) is 6.78. The fraction of sp³-hybridized carbons (Fsp3) is 0.0400. The lowest BCUT2D eigenvalue weighted by Crippen LogP contribution is -2.13. The Morgan fingerprint density at radius 3 is 2.48 bits per heavy atom. The number of aromatic nitrogens is 2. The zero-order chi connectivity index (χ0) is 23.0. The number of pyridine rings is 1. The van der Waals surface area contributed by atoms with Crippen molar-refractivity contribution in [2.45, 2.75) is 6.18 Å². The summed E-state index contributed by atoms with van der Waals surface area (Å²) in [4.78, 5) is 20.2. The van der Waals surface area contributed by atoms with Gasteiger partial charge in [-0.1, -0.05) is 30.3 Å². The third-order valence-corrected chi connectivity index (χ3v) is 5.21. The largest absolute Gasteiger partial charge is 0.456 e. The van der Waals surface area contributed by atoms with Crippen LogP contribution in [0.15, 0.2) is 85.2 Å². The van der Waals surface area contributed by atoms with Gasteiger partial charge in [0.15, 0.2) is 0 Å². The number of alkyl halides is 3. The summed E-state index contributed by atoms with van der Waals surface area (Å²) in [6.07, 6.45) is -1.10. The SMILES string of the molecule is O=C(Nc1cccc(C(F)(F)F)c1)c1cccc2c(Oc3ccnc4[nH]ccc34)cccc12. The Kier molecular flexibility index (Phi) is 4.97. The van der Waals surface area contributed by atoms with E-state index in [1.54, 1.807) is 48.8 Å². The fourth-order valence-corrected chi connectivity index (χ4v) is 3.68. The van der Waals surface area contributed by atoms with E-state index in [-0.39, 0.29) is 5.69 Å². The highest BCUT2D eigenvalue weighted by molar-refractivity contribution is 6.13. The lowest BCUT2D eigenvalue weighted by Gasteiger charge is -2.13. The number of anilines is 1. The third kappa shape index (κ3) is 3.98. The lowest BCUT2D eigenvalue weighted by atomic mass is 10.0. The number of amides is 1. The average molecular weight is 447 g/mol. The van der Waals surface area contributed by atoms with Gasteiger partial charge < -0.3 is 15.0 Å². The Labute approximate surface area is 185 Å². The number of ether oxygens (including phenoxy) is 1. The van der Waals surface area contributed by atoms with Crippen LogP contribution in [0.5, 0.6) is 11.5 Å². The molecule has 8 heteroatoms. The lowest BCUT2D eigenvalue weighted by molar-refractivity contribution is -0.137. The summed E-state index contributed by atoms with van der Waals surface area (Å²) in [7, 11) is 0. The van der Waals surface area contributed by atoms with Gasteiger partial charge in [-0.15, -0.1) is 0 Å². The molecule has 0 spiro atoms. The maximum absolute atomic E-state index is 13.0. The molecule has 0 saturated heterocycles. The maximum Gasteiger partial charge on any atom is 0.416 e. The number of carbonyl (C=O) groups is 1. The Morgan fingerprint density at radius 2 is 1.64 bits per heavy atom. The van der Waals surface area contributed by atoms with Gasteiger partial charge in [0.25, 0.3) is 5.91 Å². The molecule has 0 bridgehead atoms. The van der Waals surface area contributed by atoms with Gasteiger partial charge in [-0.2, -0.15) is 13.2 Å². The van der Waals surface area contributed by atoms with E-state index in [4.69, 9.17) is 4.74 Å². The second-order valence-electron chi connectivity index (χ2n) is 7.34. The number of fused-ring (bicyclic) bond motifs is 2. The molecular formula is C25H16F3N3O2. The molecule has 0 atom stereocenters. The number of rotatable bonds is 4. The zero-order valence-corrected chi connectivity index (χ0v) is 17.0. The third-order valence-electron chi connectivity index (χ3n) is 5.21. The summed E-state index contributed by atoms with van der Waals surface area (Å²) in [5, 5.41) is 4.67. The average Bonchev–Trinajstić information content (AvgIpc) is 3.28. The molecule has 0 unspecified atom stereocenters. The first-order valence-corrected chi connectivity index (χ1v) is 10.0. The molecule has 2 heterocycles. The smallest absolute Gasteiger partial charge is 0.416 e. The number of carbonyl (C=O) groups excluding carboxylic acids is 1. The first-order valence-electron chi connectivity index (χ1n) is 10.0. The highest BCUT2D eigenvalue weighted by atomic mass is 19.4. The van der Waals surface area contributed by atoms with Crippen LogP contribution in [0.2, 0.25) is 0 Å². The zero-order valence-electron chi connectivity index (χ0n) is 17.0. The van der Waals surface area contributed by atoms with Crippen LogP contribution < -0.4 is 10.1 Å². The Hall–Kier alpha value is -4.33. The van der Waals surface area contributed by atoms with Gasteiger partial charge in [0.2, 0.25) is 0 Å². The highest BCUT2D eigenvalue weighted by Gasteiger charge is 2.30. The minimum absolute atomic E-state index is 0.0610. The predicted molar refractivity (Wildman–Crippen MR) is 120 cm³/mol. The summed E-state index contributed by atoms with van der Waals surface area (Å²) >= 11 is 0. The van der Waals surface area contributed by atoms with Crippen molar-refractivity contribution in [3.8, 4) is 11.5 Å². The van der Waals surface area contributed by atoms with Crippen molar-refractivity contribution < 1.29 is 22.7 Å². The van der Waals surface area contributed by atoms with Crippen molar-refractivity contribution in [3.63, 3.8) is 0 Å². The van der Waals surface area contributed by atoms with E-state index < -0.39 is 17.6 Å². The summed E-state index contributed by atoms with van der Waals surface area (Å²) in [5.41, 5.74) is 0.235. The summed E-state index contributed by atoms with van der Waals surface area (Å²) < 4.78 is 45.2. The van der Waals surface area contributed by atoms with Gasteiger partial charge in [-0.3, -0.25) is 4.79 Å². The first kappa shape index (κ1) is 20.6. The van der Waals surface area contributed by atoms with Gasteiger partial charge in [0.05, 0.1) is 10.9 Å². The van der Waals surface area contributed by atoms with Crippen molar-refractivity contribution in [2.75, 3.05) is 5.32 Å².